The van der Waals surface area contributed by atoms with Gasteiger partial charge in [0.2, 0.25) is 0 Å². The van der Waals surface area contributed by atoms with E-state index in [1.165, 1.54) is 25.6 Å². The maximum absolute atomic E-state index is 6.78. The number of benzene rings is 8. The Kier molecular flexibility index (Phi) is 6.39. The lowest BCUT2D eigenvalue weighted by molar-refractivity contribution is 0.673. The summed E-state index contributed by atoms with van der Waals surface area (Å²) in [4.78, 5) is 15.7. The molecule has 0 bridgehead atoms. The molecule has 3 aromatic heterocycles. The van der Waals surface area contributed by atoms with E-state index < -0.39 is 0 Å². The highest BCUT2D eigenvalue weighted by atomic mass is 32.1. The zero-order valence-electron chi connectivity index (χ0n) is 27.7. The quantitative estimate of drug-likeness (QED) is 0.185. The molecule has 3 heterocycles. The first kappa shape index (κ1) is 29.1. The Morgan fingerprint density at radius 1 is 0.385 bits per heavy atom. The van der Waals surface area contributed by atoms with Crippen molar-refractivity contribution in [2.24, 2.45) is 0 Å². The highest BCUT2D eigenvalue weighted by Crippen LogP contribution is 2.44. The van der Waals surface area contributed by atoms with Crippen LogP contribution in [0.1, 0.15) is 0 Å². The molecule has 0 saturated heterocycles. The van der Waals surface area contributed by atoms with Crippen molar-refractivity contribution in [1.82, 2.24) is 15.0 Å². The van der Waals surface area contributed by atoms with Gasteiger partial charge in [0.25, 0.3) is 0 Å². The average molecular weight is 682 g/mol. The number of furan rings is 1. The molecule has 0 saturated carbocycles. The van der Waals surface area contributed by atoms with E-state index in [-0.39, 0.29) is 0 Å². The van der Waals surface area contributed by atoms with Crippen molar-refractivity contribution in [1.29, 1.82) is 0 Å². The van der Waals surface area contributed by atoms with Crippen LogP contribution in [-0.4, -0.2) is 15.0 Å². The van der Waals surface area contributed by atoms with Gasteiger partial charge in [-0.25, -0.2) is 15.0 Å². The molecule has 11 aromatic rings. The van der Waals surface area contributed by atoms with Crippen molar-refractivity contribution in [3.8, 4) is 45.3 Å². The minimum absolute atomic E-state index is 0.604. The maximum atomic E-state index is 6.78. The SMILES string of the molecule is c1ccc(-c2cccc3cc(-c4nc(-c5ccc6ccccc6c5)nc(-c5ccc6sc7ccccc7c6c5)n4)c4c5ccccc5oc4c23)cc1. The molecule has 0 N–H and O–H groups in total. The third-order valence-corrected chi connectivity index (χ3v) is 11.2. The topological polar surface area (TPSA) is 51.8 Å². The molecule has 0 aliphatic carbocycles. The number of rotatable bonds is 4. The summed E-state index contributed by atoms with van der Waals surface area (Å²) in [6, 6.07) is 57.4. The van der Waals surface area contributed by atoms with Gasteiger partial charge in [0.05, 0.1) is 0 Å². The lowest BCUT2D eigenvalue weighted by Gasteiger charge is -2.13. The molecule has 4 nitrogen and oxygen atoms in total. The van der Waals surface area contributed by atoms with Crippen molar-refractivity contribution in [2.75, 3.05) is 0 Å². The van der Waals surface area contributed by atoms with Crippen LogP contribution in [-0.2, 0) is 0 Å². The van der Waals surface area contributed by atoms with Crippen LogP contribution in [0.2, 0.25) is 0 Å². The zero-order chi connectivity index (χ0) is 34.2. The van der Waals surface area contributed by atoms with E-state index in [9.17, 15) is 0 Å². The first-order valence-electron chi connectivity index (χ1n) is 17.3. The number of para-hydroxylation sites is 1. The minimum atomic E-state index is 0.604. The molecule has 11 rings (SSSR count). The number of thiophene rings is 1. The number of fused-ring (bicyclic) bond motifs is 9. The van der Waals surface area contributed by atoms with E-state index >= 15 is 0 Å². The molecule has 0 fully saturated rings. The Bertz CT molecular complexity index is 3200. The highest BCUT2D eigenvalue weighted by molar-refractivity contribution is 7.25. The second-order valence-electron chi connectivity index (χ2n) is 13.2. The monoisotopic (exact) mass is 681 g/mol. The molecule has 5 heteroatoms. The first-order valence-corrected chi connectivity index (χ1v) is 18.2. The second kappa shape index (κ2) is 11.4. The van der Waals surface area contributed by atoms with E-state index in [4.69, 9.17) is 19.4 Å². The van der Waals surface area contributed by atoms with Gasteiger partial charge < -0.3 is 4.42 Å². The summed E-state index contributed by atoms with van der Waals surface area (Å²) in [7, 11) is 0. The Labute approximate surface area is 302 Å². The molecule has 0 atom stereocenters. The lowest BCUT2D eigenvalue weighted by atomic mass is 9.93. The molecule has 242 valence electrons. The van der Waals surface area contributed by atoms with Crippen LogP contribution in [0.25, 0.3) is 109 Å². The van der Waals surface area contributed by atoms with Gasteiger partial charge in [-0.2, -0.15) is 0 Å². The normalized spacial score (nSPS) is 11.8. The Hall–Kier alpha value is -6.69. The zero-order valence-corrected chi connectivity index (χ0v) is 28.6. The van der Waals surface area contributed by atoms with Crippen molar-refractivity contribution < 1.29 is 4.42 Å². The van der Waals surface area contributed by atoms with Gasteiger partial charge >= 0.3 is 0 Å². The van der Waals surface area contributed by atoms with Gasteiger partial charge in [0, 0.05) is 53.0 Å². The number of nitrogens with zero attached hydrogens (tertiary/aromatic N) is 3. The summed E-state index contributed by atoms with van der Waals surface area (Å²) in [6.07, 6.45) is 0. The van der Waals surface area contributed by atoms with E-state index in [0.717, 1.165) is 65.9 Å². The third kappa shape index (κ3) is 4.57. The van der Waals surface area contributed by atoms with Crippen LogP contribution in [0, 0.1) is 0 Å². The lowest BCUT2D eigenvalue weighted by Crippen LogP contribution is -2.01. The number of aromatic nitrogens is 3. The summed E-state index contributed by atoms with van der Waals surface area (Å²) in [5.74, 6) is 1.86. The summed E-state index contributed by atoms with van der Waals surface area (Å²) >= 11 is 1.81. The van der Waals surface area contributed by atoms with Gasteiger partial charge in [-0.3, -0.25) is 0 Å². The van der Waals surface area contributed by atoms with Crippen LogP contribution in [0.15, 0.2) is 168 Å². The predicted molar refractivity (Wildman–Crippen MR) is 217 cm³/mol. The standard InChI is InChI=1S/C47H27N3OS/c1-2-12-29(13-3-1)34-18-10-15-31-26-38(43-36-17-6-8-19-39(36)51-44(43)42(31)34)47-49-45(32-22-21-28-11-4-5-14-30(28)25-32)48-46(50-47)33-23-24-41-37(27-33)35-16-7-9-20-40(35)52-41/h1-27H. The molecule has 0 aliphatic heterocycles. The van der Waals surface area contributed by atoms with E-state index in [0.29, 0.717) is 17.5 Å². The molecule has 8 aromatic carbocycles. The van der Waals surface area contributed by atoms with Crippen LogP contribution in [0.4, 0.5) is 0 Å². The molecular formula is C47H27N3OS. The molecule has 0 amide bonds. The molecule has 0 radical (unpaired) electrons. The van der Waals surface area contributed by atoms with Gasteiger partial charge in [-0.1, -0.05) is 121 Å². The van der Waals surface area contributed by atoms with Crippen LogP contribution in [0.5, 0.6) is 0 Å². The van der Waals surface area contributed by atoms with E-state index in [2.05, 4.69) is 146 Å². The van der Waals surface area contributed by atoms with Gasteiger partial charge in [-0.15, -0.1) is 11.3 Å². The minimum Gasteiger partial charge on any atom is -0.455 e. The summed E-state index contributed by atoms with van der Waals surface area (Å²) in [6.45, 7) is 0. The molecular weight excluding hydrogens is 655 g/mol. The second-order valence-corrected chi connectivity index (χ2v) is 14.3. The first-order chi connectivity index (χ1) is 25.7. The molecule has 0 aliphatic rings. The fourth-order valence-corrected chi connectivity index (χ4v) is 8.73. The van der Waals surface area contributed by atoms with Crippen molar-refractivity contribution >= 4 is 75.0 Å². The summed E-state index contributed by atoms with van der Waals surface area (Å²) in [5, 5.41) is 8.90. The Morgan fingerprint density at radius 2 is 1.06 bits per heavy atom. The van der Waals surface area contributed by atoms with E-state index in [1.54, 1.807) is 0 Å². The van der Waals surface area contributed by atoms with Gasteiger partial charge in [-0.05, 0) is 69.8 Å². The highest BCUT2D eigenvalue weighted by Gasteiger charge is 2.22. The largest absolute Gasteiger partial charge is 0.455 e. The van der Waals surface area contributed by atoms with Crippen molar-refractivity contribution in [2.45, 2.75) is 0 Å². The van der Waals surface area contributed by atoms with Crippen LogP contribution < -0.4 is 0 Å². The molecule has 0 unspecified atom stereocenters. The smallest absolute Gasteiger partial charge is 0.164 e. The Morgan fingerprint density at radius 3 is 1.94 bits per heavy atom. The third-order valence-electron chi connectivity index (χ3n) is 10.1. The van der Waals surface area contributed by atoms with Gasteiger partial charge in [0.1, 0.15) is 11.2 Å². The van der Waals surface area contributed by atoms with Crippen LogP contribution in [0.3, 0.4) is 0 Å². The van der Waals surface area contributed by atoms with Crippen molar-refractivity contribution in [3.63, 3.8) is 0 Å². The maximum Gasteiger partial charge on any atom is 0.164 e. The fourth-order valence-electron chi connectivity index (χ4n) is 7.64. The summed E-state index contributed by atoms with van der Waals surface area (Å²) < 4.78 is 9.29. The number of hydrogen-bond acceptors (Lipinski definition) is 5. The number of hydrogen-bond donors (Lipinski definition) is 0. The fraction of sp³-hybridized carbons (Fsp3) is 0. The Balaban J connectivity index is 1.22. The predicted octanol–water partition coefficient (Wildman–Crippen LogP) is 13.1. The average Bonchev–Trinajstić information content (AvgIpc) is 3.79. The van der Waals surface area contributed by atoms with Crippen molar-refractivity contribution in [3.05, 3.63) is 164 Å². The van der Waals surface area contributed by atoms with Crippen LogP contribution >= 0.6 is 11.3 Å². The molecule has 0 spiro atoms. The van der Waals surface area contributed by atoms with E-state index in [1.807, 2.05) is 29.5 Å². The summed E-state index contributed by atoms with van der Waals surface area (Å²) in [5.41, 5.74) is 6.71. The molecule has 52 heavy (non-hydrogen) atoms. The van der Waals surface area contributed by atoms with Gasteiger partial charge in [0.15, 0.2) is 17.5 Å².